The van der Waals surface area contributed by atoms with Crippen LogP contribution in [0.4, 0.5) is 0 Å². The molecule has 0 N–H and O–H groups in total. The van der Waals surface area contributed by atoms with E-state index in [4.69, 9.17) is 4.74 Å². The molecule has 118 valence electrons. The molecule has 2 rings (SSSR count). The summed E-state index contributed by atoms with van der Waals surface area (Å²) in [4.78, 5) is 0.176. The van der Waals surface area contributed by atoms with Crippen molar-refractivity contribution in [3.05, 3.63) is 23.8 Å². The lowest BCUT2D eigenvalue weighted by Crippen LogP contribution is -2.10. The number of methoxy groups -OCH3 is 1. The highest BCUT2D eigenvalue weighted by atomic mass is 32.2. The summed E-state index contributed by atoms with van der Waals surface area (Å²) in [5.74, 6) is 2.11. The SMILES string of the molecule is COc1cc(C[S@](=O)CC2CCCC2)ccc1S(C)(=O)=O. The molecule has 0 aliphatic heterocycles. The van der Waals surface area contributed by atoms with Gasteiger partial charge in [0.1, 0.15) is 10.6 Å². The number of hydrogen-bond acceptors (Lipinski definition) is 4. The summed E-state index contributed by atoms with van der Waals surface area (Å²) in [7, 11) is -2.77. The van der Waals surface area contributed by atoms with Gasteiger partial charge in [-0.2, -0.15) is 0 Å². The van der Waals surface area contributed by atoms with Crippen LogP contribution < -0.4 is 4.74 Å². The van der Waals surface area contributed by atoms with E-state index in [-0.39, 0.29) is 4.90 Å². The van der Waals surface area contributed by atoms with Crippen molar-refractivity contribution in [1.82, 2.24) is 0 Å². The molecule has 1 aromatic carbocycles. The summed E-state index contributed by atoms with van der Waals surface area (Å²) in [5, 5.41) is 0. The molecule has 0 amide bonds. The van der Waals surface area contributed by atoms with E-state index < -0.39 is 20.6 Å². The minimum absolute atomic E-state index is 0.176. The van der Waals surface area contributed by atoms with Crippen molar-refractivity contribution in [2.24, 2.45) is 5.92 Å². The molecule has 1 aliphatic carbocycles. The van der Waals surface area contributed by atoms with Gasteiger partial charge in [-0.25, -0.2) is 8.42 Å². The normalized spacial score (nSPS) is 17.8. The molecule has 4 nitrogen and oxygen atoms in total. The van der Waals surface area contributed by atoms with Gasteiger partial charge in [-0.15, -0.1) is 0 Å². The maximum atomic E-state index is 12.2. The quantitative estimate of drug-likeness (QED) is 0.804. The third-order valence-electron chi connectivity index (χ3n) is 3.85. The van der Waals surface area contributed by atoms with Gasteiger partial charge in [0.2, 0.25) is 0 Å². The summed E-state index contributed by atoms with van der Waals surface area (Å²) in [6.07, 6.45) is 6.02. The van der Waals surface area contributed by atoms with Crippen molar-refractivity contribution in [3.63, 3.8) is 0 Å². The van der Waals surface area contributed by atoms with Crippen LogP contribution in [0.5, 0.6) is 5.75 Å². The zero-order valence-corrected chi connectivity index (χ0v) is 14.1. The minimum atomic E-state index is -3.31. The van der Waals surface area contributed by atoms with Gasteiger partial charge in [0.05, 0.1) is 7.11 Å². The van der Waals surface area contributed by atoms with Crippen LogP contribution in [0.1, 0.15) is 31.2 Å². The van der Waals surface area contributed by atoms with Crippen molar-refractivity contribution in [2.75, 3.05) is 19.1 Å². The first-order valence-electron chi connectivity index (χ1n) is 7.12. The van der Waals surface area contributed by atoms with Crippen molar-refractivity contribution in [3.8, 4) is 5.75 Å². The Hall–Kier alpha value is -0.880. The Morgan fingerprint density at radius 3 is 2.52 bits per heavy atom. The first-order chi connectivity index (χ1) is 9.90. The summed E-state index contributed by atoms with van der Waals surface area (Å²) < 4.78 is 40.6. The van der Waals surface area contributed by atoms with Crippen LogP contribution in [-0.4, -0.2) is 31.7 Å². The third kappa shape index (κ3) is 4.54. The van der Waals surface area contributed by atoms with Crippen LogP contribution in [0, 0.1) is 5.92 Å². The monoisotopic (exact) mass is 330 g/mol. The van der Waals surface area contributed by atoms with Crippen LogP contribution >= 0.6 is 0 Å². The number of rotatable bonds is 6. The predicted octanol–water partition coefficient (Wildman–Crippen LogP) is 2.54. The summed E-state index contributed by atoms with van der Waals surface area (Å²) in [6, 6.07) is 4.95. The highest BCUT2D eigenvalue weighted by Crippen LogP contribution is 2.28. The average molecular weight is 330 g/mol. The molecule has 0 aromatic heterocycles. The van der Waals surface area contributed by atoms with Gasteiger partial charge in [-0.05, 0) is 36.5 Å². The van der Waals surface area contributed by atoms with Crippen molar-refractivity contribution < 1.29 is 17.4 Å². The molecular formula is C15H22O4S2. The van der Waals surface area contributed by atoms with Gasteiger partial charge in [0.25, 0.3) is 0 Å². The summed E-state index contributed by atoms with van der Waals surface area (Å²) >= 11 is 0. The molecule has 1 fully saturated rings. The van der Waals surface area contributed by atoms with E-state index in [2.05, 4.69) is 0 Å². The zero-order valence-electron chi connectivity index (χ0n) is 12.5. The van der Waals surface area contributed by atoms with Crippen LogP contribution in [0.3, 0.4) is 0 Å². The average Bonchev–Trinajstić information content (AvgIpc) is 2.89. The molecule has 0 radical (unpaired) electrons. The van der Waals surface area contributed by atoms with Gasteiger partial charge >= 0.3 is 0 Å². The standard InChI is InChI=1S/C15H22O4S2/c1-19-14-9-13(7-8-15(14)21(2,17)18)11-20(16)10-12-5-3-4-6-12/h7-9,12H,3-6,10-11H2,1-2H3/t20-/m1/s1. The Labute approximate surface area is 129 Å². The van der Waals surface area contributed by atoms with E-state index in [1.165, 1.54) is 38.9 Å². The first-order valence-corrected chi connectivity index (χ1v) is 10.5. The zero-order chi connectivity index (χ0) is 15.5. The van der Waals surface area contributed by atoms with E-state index >= 15 is 0 Å². The fourth-order valence-corrected chi connectivity index (χ4v) is 5.14. The molecule has 1 atom stereocenters. The Balaban J connectivity index is 2.08. The van der Waals surface area contributed by atoms with E-state index in [0.29, 0.717) is 17.4 Å². The molecule has 1 aliphatic rings. The second-order valence-corrected chi connectivity index (χ2v) is 9.14. The van der Waals surface area contributed by atoms with E-state index in [1.54, 1.807) is 12.1 Å². The molecule has 0 bridgehead atoms. The van der Waals surface area contributed by atoms with Crippen LogP contribution in [0.2, 0.25) is 0 Å². The Morgan fingerprint density at radius 2 is 1.95 bits per heavy atom. The fraction of sp³-hybridized carbons (Fsp3) is 0.600. The minimum Gasteiger partial charge on any atom is -0.495 e. The molecule has 6 heteroatoms. The van der Waals surface area contributed by atoms with Crippen LogP contribution in [0.15, 0.2) is 23.1 Å². The van der Waals surface area contributed by atoms with Crippen molar-refractivity contribution in [2.45, 2.75) is 36.3 Å². The summed E-state index contributed by atoms with van der Waals surface area (Å²) in [6.45, 7) is 0. The number of benzene rings is 1. The maximum absolute atomic E-state index is 12.2. The fourth-order valence-electron chi connectivity index (χ4n) is 2.79. The molecule has 0 saturated heterocycles. The van der Waals surface area contributed by atoms with Crippen molar-refractivity contribution in [1.29, 1.82) is 0 Å². The van der Waals surface area contributed by atoms with Gasteiger partial charge < -0.3 is 4.74 Å². The number of ether oxygens (including phenoxy) is 1. The largest absolute Gasteiger partial charge is 0.495 e. The van der Waals surface area contributed by atoms with Gasteiger partial charge in [0.15, 0.2) is 9.84 Å². The number of hydrogen-bond donors (Lipinski definition) is 0. The van der Waals surface area contributed by atoms with E-state index in [1.807, 2.05) is 0 Å². The lowest BCUT2D eigenvalue weighted by Gasteiger charge is -2.11. The van der Waals surface area contributed by atoms with E-state index in [0.717, 1.165) is 17.6 Å². The lowest BCUT2D eigenvalue weighted by atomic mass is 10.1. The predicted molar refractivity (Wildman–Crippen MR) is 84.8 cm³/mol. The second-order valence-electron chi connectivity index (χ2n) is 5.66. The van der Waals surface area contributed by atoms with E-state index in [9.17, 15) is 12.6 Å². The Kier molecular flexibility index (Phi) is 5.43. The first kappa shape index (κ1) is 16.5. The van der Waals surface area contributed by atoms with Gasteiger partial charge in [-0.1, -0.05) is 18.9 Å². The molecule has 1 aromatic rings. The highest BCUT2D eigenvalue weighted by Gasteiger charge is 2.19. The molecule has 0 heterocycles. The molecule has 1 saturated carbocycles. The van der Waals surface area contributed by atoms with Gasteiger partial charge in [0, 0.05) is 28.6 Å². The topological polar surface area (TPSA) is 60.4 Å². The van der Waals surface area contributed by atoms with Crippen LogP contribution in [0.25, 0.3) is 0 Å². The van der Waals surface area contributed by atoms with Gasteiger partial charge in [-0.3, -0.25) is 4.21 Å². The molecule has 0 spiro atoms. The third-order valence-corrected chi connectivity index (χ3v) is 6.49. The second kappa shape index (κ2) is 6.92. The van der Waals surface area contributed by atoms with Crippen LogP contribution in [-0.2, 0) is 26.4 Å². The lowest BCUT2D eigenvalue weighted by molar-refractivity contribution is 0.402. The number of sulfone groups is 1. The molecule has 0 unspecified atom stereocenters. The maximum Gasteiger partial charge on any atom is 0.179 e. The molecular weight excluding hydrogens is 308 g/mol. The summed E-state index contributed by atoms with van der Waals surface area (Å²) in [5.41, 5.74) is 0.857. The smallest absolute Gasteiger partial charge is 0.179 e. The Morgan fingerprint density at radius 1 is 1.29 bits per heavy atom. The van der Waals surface area contributed by atoms with Crippen molar-refractivity contribution >= 4 is 20.6 Å². The molecule has 21 heavy (non-hydrogen) atoms. The highest BCUT2D eigenvalue weighted by molar-refractivity contribution is 7.90. The Bertz CT molecular complexity index is 617.